The Morgan fingerprint density at radius 1 is 1.14 bits per heavy atom. The summed E-state index contributed by atoms with van der Waals surface area (Å²) in [6, 6.07) is 9.93. The second-order valence-electron chi connectivity index (χ2n) is 7.90. The minimum absolute atomic E-state index is 0.0302. The Hall–Kier alpha value is -2.41. The van der Waals surface area contributed by atoms with Crippen molar-refractivity contribution < 1.29 is 19.1 Å². The van der Waals surface area contributed by atoms with Crippen LogP contribution >= 0.6 is 0 Å². The lowest BCUT2D eigenvalue weighted by Crippen LogP contribution is -2.67. The number of piperidine rings is 2. The third-order valence-corrected chi connectivity index (χ3v) is 6.44. The van der Waals surface area contributed by atoms with Gasteiger partial charge in [0.25, 0.3) is 0 Å². The molecule has 7 heteroatoms. The summed E-state index contributed by atoms with van der Waals surface area (Å²) in [6.45, 7) is 1.78. The first-order valence-electron chi connectivity index (χ1n) is 10.0. The zero-order valence-corrected chi connectivity index (χ0v) is 16.3. The molecule has 1 aromatic rings. The fourth-order valence-electron chi connectivity index (χ4n) is 4.74. The number of morpholine rings is 1. The number of fused-ring (bicyclic) bond motifs is 1. The average molecular weight is 385 g/mol. The maximum Gasteiger partial charge on any atom is 0.249 e. The number of amides is 3. The number of likely N-dealkylation sites (tertiary alicyclic amines) is 2. The van der Waals surface area contributed by atoms with Gasteiger partial charge in [0.05, 0.1) is 12.1 Å². The van der Waals surface area contributed by atoms with Crippen LogP contribution in [0.1, 0.15) is 31.2 Å². The Morgan fingerprint density at radius 3 is 2.68 bits per heavy atom. The molecule has 3 heterocycles. The molecule has 7 nitrogen and oxygen atoms in total. The van der Waals surface area contributed by atoms with Crippen molar-refractivity contribution in [2.45, 2.75) is 37.3 Å². The Balaban J connectivity index is 1.53. The van der Waals surface area contributed by atoms with Gasteiger partial charge in [-0.3, -0.25) is 14.4 Å². The maximum atomic E-state index is 12.9. The zero-order valence-electron chi connectivity index (χ0n) is 16.3. The fourth-order valence-corrected chi connectivity index (χ4v) is 4.74. The zero-order chi connectivity index (χ0) is 19.7. The summed E-state index contributed by atoms with van der Waals surface area (Å²) < 4.78 is 5.95. The van der Waals surface area contributed by atoms with Crippen LogP contribution in [0, 0.1) is 0 Å². The van der Waals surface area contributed by atoms with Gasteiger partial charge in [0.2, 0.25) is 17.7 Å². The van der Waals surface area contributed by atoms with Crippen LogP contribution in [0.25, 0.3) is 0 Å². The van der Waals surface area contributed by atoms with E-state index in [1.807, 2.05) is 37.4 Å². The number of ether oxygens (including phenoxy) is 1. The second kappa shape index (κ2) is 7.54. The van der Waals surface area contributed by atoms with E-state index in [1.165, 1.54) is 0 Å². The number of carbonyl (C=O) groups excluding carboxylic acids is 3. The van der Waals surface area contributed by atoms with Crippen LogP contribution < -0.4 is 0 Å². The molecule has 0 unspecified atom stereocenters. The summed E-state index contributed by atoms with van der Waals surface area (Å²) in [4.78, 5) is 42.6. The number of likely N-dealkylation sites (N-methyl/N-ethyl adjacent to an activating group) is 1. The van der Waals surface area contributed by atoms with E-state index in [1.54, 1.807) is 14.7 Å². The van der Waals surface area contributed by atoms with E-state index < -0.39 is 5.54 Å². The lowest BCUT2D eigenvalue weighted by Gasteiger charge is -2.54. The molecule has 28 heavy (non-hydrogen) atoms. The first kappa shape index (κ1) is 18.9. The van der Waals surface area contributed by atoms with E-state index in [0.29, 0.717) is 32.5 Å². The van der Waals surface area contributed by atoms with Gasteiger partial charge in [0.1, 0.15) is 12.7 Å². The highest BCUT2D eigenvalue weighted by Gasteiger charge is 2.53. The summed E-state index contributed by atoms with van der Waals surface area (Å²) in [7, 11) is 1.83. The molecule has 0 aliphatic carbocycles. The van der Waals surface area contributed by atoms with E-state index in [0.717, 1.165) is 18.4 Å². The second-order valence-corrected chi connectivity index (χ2v) is 7.90. The van der Waals surface area contributed by atoms with E-state index in [-0.39, 0.29) is 37.0 Å². The molecule has 0 aromatic heterocycles. The van der Waals surface area contributed by atoms with Crippen LogP contribution in [0.2, 0.25) is 0 Å². The monoisotopic (exact) mass is 385 g/mol. The number of benzene rings is 1. The van der Waals surface area contributed by atoms with Gasteiger partial charge in [-0.1, -0.05) is 30.3 Å². The molecule has 150 valence electrons. The summed E-state index contributed by atoms with van der Waals surface area (Å²) >= 11 is 0. The van der Waals surface area contributed by atoms with Crippen LogP contribution in [0.5, 0.6) is 0 Å². The normalized spacial score (nSPS) is 28.3. The van der Waals surface area contributed by atoms with Crippen molar-refractivity contribution in [1.29, 1.82) is 0 Å². The summed E-state index contributed by atoms with van der Waals surface area (Å²) in [5.41, 5.74) is 0.475. The SMILES string of the molecule is CN1C(=O)CO[C@@H]2CN(C(=O)CN3CCCCC3=O)CC[C@]21c1ccccc1. The highest BCUT2D eigenvalue weighted by molar-refractivity contribution is 5.85. The Labute approximate surface area is 165 Å². The minimum Gasteiger partial charge on any atom is -0.364 e. The summed E-state index contributed by atoms with van der Waals surface area (Å²) in [5, 5.41) is 0. The molecule has 3 aliphatic rings. The maximum absolute atomic E-state index is 12.9. The smallest absolute Gasteiger partial charge is 0.249 e. The lowest BCUT2D eigenvalue weighted by atomic mass is 9.76. The number of hydrogen-bond acceptors (Lipinski definition) is 4. The van der Waals surface area contributed by atoms with Crippen molar-refractivity contribution in [2.24, 2.45) is 0 Å². The summed E-state index contributed by atoms with van der Waals surface area (Å²) in [6.07, 6.45) is 2.72. The Bertz CT molecular complexity index is 768. The molecular weight excluding hydrogens is 358 g/mol. The van der Waals surface area contributed by atoms with Crippen LogP contribution in [0.15, 0.2) is 30.3 Å². The Kier molecular flexibility index (Phi) is 5.10. The molecule has 0 radical (unpaired) electrons. The molecule has 0 saturated carbocycles. The number of nitrogens with zero attached hydrogens (tertiary/aromatic N) is 3. The number of hydrogen-bond donors (Lipinski definition) is 0. The predicted molar refractivity (Wildman–Crippen MR) is 102 cm³/mol. The fraction of sp³-hybridized carbons (Fsp3) is 0.571. The van der Waals surface area contributed by atoms with Crippen LogP contribution in [-0.4, -0.2) is 78.4 Å². The first-order valence-corrected chi connectivity index (χ1v) is 10.0. The van der Waals surface area contributed by atoms with Gasteiger partial charge in [-0.2, -0.15) is 0 Å². The number of carbonyl (C=O) groups is 3. The van der Waals surface area contributed by atoms with E-state index in [2.05, 4.69) is 0 Å². The summed E-state index contributed by atoms with van der Waals surface area (Å²) in [5.74, 6) is -0.0201. The highest BCUT2D eigenvalue weighted by Crippen LogP contribution is 2.42. The van der Waals surface area contributed by atoms with Crippen molar-refractivity contribution >= 4 is 17.7 Å². The van der Waals surface area contributed by atoms with Gasteiger partial charge in [0, 0.05) is 33.1 Å². The molecule has 3 amide bonds. The standard InChI is InChI=1S/C21H27N3O4/c1-22-20(27)15-28-17-13-24(19(26)14-23-11-6-5-9-18(23)25)12-10-21(17,22)16-7-3-2-4-8-16/h2-4,7-8,17H,5-6,9-15H2,1H3/t17-,21+/m1/s1. The van der Waals surface area contributed by atoms with Gasteiger partial charge in [0.15, 0.2) is 0 Å². The van der Waals surface area contributed by atoms with Gasteiger partial charge < -0.3 is 19.4 Å². The molecule has 3 fully saturated rings. The number of rotatable bonds is 3. The molecular formula is C21H27N3O4. The van der Waals surface area contributed by atoms with Crippen LogP contribution in [0.3, 0.4) is 0 Å². The van der Waals surface area contributed by atoms with Crippen molar-refractivity contribution in [3.8, 4) is 0 Å². The Morgan fingerprint density at radius 2 is 1.93 bits per heavy atom. The van der Waals surface area contributed by atoms with Crippen LogP contribution in [0.4, 0.5) is 0 Å². The quantitative estimate of drug-likeness (QED) is 0.778. The molecule has 1 aromatic carbocycles. The lowest BCUT2D eigenvalue weighted by molar-refractivity contribution is -0.184. The molecule has 3 aliphatic heterocycles. The van der Waals surface area contributed by atoms with E-state index in [9.17, 15) is 14.4 Å². The van der Waals surface area contributed by atoms with Crippen molar-refractivity contribution in [3.63, 3.8) is 0 Å². The largest absolute Gasteiger partial charge is 0.364 e. The third-order valence-electron chi connectivity index (χ3n) is 6.44. The topological polar surface area (TPSA) is 70.2 Å². The molecule has 3 saturated heterocycles. The van der Waals surface area contributed by atoms with E-state index in [4.69, 9.17) is 4.74 Å². The highest BCUT2D eigenvalue weighted by atomic mass is 16.5. The molecule has 0 spiro atoms. The third kappa shape index (κ3) is 3.17. The van der Waals surface area contributed by atoms with Crippen LogP contribution in [-0.2, 0) is 24.7 Å². The first-order chi connectivity index (χ1) is 13.5. The van der Waals surface area contributed by atoms with Crippen molar-refractivity contribution in [3.05, 3.63) is 35.9 Å². The van der Waals surface area contributed by atoms with Crippen molar-refractivity contribution in [1.82, 2.24) is 14.7 Å². The molecule has 2 atom stereocenters. The van der Waals surface area contributed by atoms with E-state index >= 15 is 0 Å². The average Bonchev–Trinajstić information content (AvgIpc) is 2.73. The van der Waals surface area contributed by atoms with Crippen molar-refractivity contribution in [2.75, 3.05) is 39.8 Å². The van der Waals surface area contributed by atoms with Gasteiger partial charge >= 0.3 is 0 Å². The molecule has 4 rings (SSSR count). The van der Waals surface area contributed by atoms with Gasteiger partial charge in [-0.15, -0.1) is 0 Å². The van der Waals surface area contributed by atoms with Gasteiger partial charge in [-0.25, -0.2) is 0 Å². The predicted octanol–water partition coefficient (Wildman–Crippen LogP) is 0.984. The van der Waals surface area contributed by atoms with Gasteiger partial charge in [-0.05, 0) is 24.8 Å². The minimum atomic E-state index is -0.561. The molecule has 0 N–H and O–H groups in total. The molecule has 0 bridgehead atoms.